The highest BCUT2D eigenvalue weighted by Gasteiger charge is 2.37. The van der Waals surface area contributed by atoms with Crippen LogP contribution in [-0.2, 0) is 31.0 Å². The summed E-state index contributed by atoms with van der Waals surface area (Å²) >= 11 is 0. The first kappa shape index (κ1) is 53.6. The molecule has 0 saturated carbocycles. The number of likely N-dealkylation sites (N-methyl/N-ethyl adjacent to an activating group) is 1. The van der Waals surface area contributed by atoms with E-state index in [0.717, 1.165) is 16.0 Å². The molecular formula is C50H65N11O9. The smallest absolute Gasteiger partial charge is 0.255 e. The molecule has 20 nitrogen and oxygen atoms in total. The predicted molar refractivity (Wildman–Crippen MR) is 262 cm³/mol. The van der Waals surface area contributed by atoms with Crippen molar-refractivity contribution in [2.75, 3.05) is 60.7 Å². The highest BCUT2D eigenvalue weighted by Crippen LogP contribution is 2.48. The lowest BCUT2D eigenvalue weighted by molar-refractivity contribution is -0.141. The van der Waals surface area contributed by atoms with Gasteiger partial charge in [0.2, 0.25) is 23.6 Å². The molecule has 4 atom stereocenters. The van der Waals surface area contributed by atoms with Gasteiger partial charge in [-0.05, 0) is 80.1 Å². The van der Waals surface area contributed by atoms with Crippen molar-refractivity contribution in [1.29, 1.82) is 5.26 Å². The van der Waals surface area contributed by atoms with Crippen molar-refractivity contribution < 1.29 is 42.9 Å². The second-order valence-electron chi connectivity index (χ2n) is 17.8. The average Bonchev–Trinajstić information content (AvgIpc) is 3.32. The van der Waals surface area contributed by atoms with E-state index in [-0.39, 0.29) is 91.8 Å². The minimum atomic E-state index is -1.53. The summed E-state index contributed by atoms with van der Waals surface area (Å²) in [6.07, 6.45) is -0.143. The summed E-state index contributed by atoms with van der Waals surface area (Å²) in [5.74, 6) is -2.40. The zero-order valence-electron chi connectivity index (χ0n) is 41.3. The number of hydrogen-bond acceptors (Lipinski definition) is 15. The Kier molecular flexibility index (Phi) is 18.2. The van der Waals surface area contributed by atoms with Gasteiger partial charge >= 0.3 is 0 Å². The van der Waals surface area contributed by atoms with Crippen molar-refractivity contribution in [1.82, 2.24) is 36.1 Å². The summed E-state index contributed by atoms with van der Waals surface area (Å²) in [6.45, 7) is 11.1. The Balaban J connectivity index is 1.66. The minimum absolute atomic E-state index is 0.0151. The van der Waals surface area contributed by atoms with Crippen LogP contribution in [0.2, 0.25) is 0 Å². The number of nitriles is 1. The third-order valence-electron chi connectivity index (χ3n) is 11.7. The minimum Gasteiger partial charge on any atom is -0.492 e. The second-order valence-corrected chi connectivity index (χ2v) is 17.8. The van der Waals surface area contributed by atoms with Crippen molar-refractivity contribution >= 4 is 29.5 Å². The third kappa shape index (κ3) is 12.5. The largest absolute Gasteiger partial charge is 0.492 e. The maximum absolute atomic E-state index is 14.9. The van der Waals surface area contributed by atoms with E-state index < -0.39 is 53.7 Å². The first-order valence-corrected chi connectivity index (χ1v) is 22.9. The van der Waals surface area contributed by atoms with Gasteiger partial charge in [-0.25, -0.2) is 9.97 Å². The van der Waals surface area contributed by atoms with Gasteiger partial charge in [0.05, 0.1) is 37.2 Å². The molecule has 0 unspecified atom stereocenters. The number of carbonyl (C=O) groups is 5. The molecule has 2 heterocycles. The number of nitrogens with zero attached hydrogens (tertiary/aromatic N) is 4. The van der Waals surface area contributed by atoms with E-state index in [1.807, 2.05) is 30.3 Å². The van der Waals surface area contributed by atoms with Gasteiger partial charge < -0.3 is 62.3 Å². The van der Waals surface area contributed by atoms with E-state index in [1.54, 1.807) is 32.0 Å². The number of methoxy groups -OCH3 is 2. The summed E-state index contributed by atoms with van der Waals surface area (Å²) in [5.41, 5.74) is 21.9. The van der Waals surface area contributed by atoms with Crippen LogP contribution in [0.1, 0.15) is 78.6 Å². The van der Waals surface area contributed by atoms with Gasteiger partial charge in [-0.3, -0.25) is 24.0 Å². The topological polar surface area (TPSA) is 301 Å². The fourth-order valence-electron chi connectivity index (χ4n) is 8.15. The number of nitrogens with two attached hydrogens (primary N) is 3. The van der Waals surface area contributed by atoms with Crippen LogP contribution >= 0.6 is 0 Å². The maximum Gasteiger partial charge on any atom is 0.255 e. The van der Waals surface area contributed by atoms with Gasteiger partial charge in [0, 0.05) is 43.2 Å². The quantitative estimate of drug-likeness (QED) is 0.0747. The van der Waals surface area contributed by atoms with Gasteiger partial charge in [-0.1, -0.05) is 45.0 Å². The molecule has 5 rings (SSSR count). The summed E-state index contributed by atoms with van der Waals surface area (Å²) in [6, 6.07) is 10.9. The summed E-state index contributed by atoms with van der Waals surface area (Å²) in [5, 5.41) is 20.0. The fraction of sp³-hybridized carbons (Fsp3) is 0.440. The van der Waals surface area contributed by atoms with E-state index >= 15 is 0 Å². The average molecular weight is 964 g/mol. The Hall–Kier alpha value is -7.34. The van der Waals surface area contributed by atoms with E-state index in [1.165, 1.54) is 34.3 Å². The molecule has 4 bridgehead atoms. The van der Waals surface area contributed by atoms with E-state index in [0.29, 0.717) is 33.9 Å². The van der Waals surface area contributed by atoms with Crippen molar-refractivity contribution in [3.8, 4) is 51.6 Å². The third-order valence-corrected chi connectivity index (χ3v) is 11.7. The molecule has 0 saturated heterocycles. The molecule has 70 heavy (non-hydrogen) atoms. The monoisotopic (exact) mass is 963 g/mol. The van der Waals surface area contributed by atoms with Gasteiger partial charge in [-0.15, -0.1) is 0 Å². The summed E-state index contributed by atoms with van der Waals surface area (Å²) in [7, 11) is 4.24. The molecular weight excluding hydrogens is 899 g/mol. The van der Waals surface area contributed by atoms with Crippen LogP contribution in [0.5, 0.6) is 23.0 Å². The molecule has 4 aromatic rings. The van der Waals surface area contributed by atoms with E-state index in [2.05, 4.69) is 52.0 Å². The SMILES string of the molecule is COc1c(OCCN)cc2cc1-c1cc(cc(OCCN)c1OC)[C@H](N(C)C(=O)[C@H](CCN)NC(=O)c1c(C)nc(-c3ccc(C(C)(C)C)cc3)nc1C)C(=O)N[C@@H](C)C(=O)N[C@H](C(=O)NCC#N)C2. The zero-order valence-corrected chi connectivity index (χ0v) is 41.3. The van der Waals surface area contributed by atoms with Gasteiger partial charge in [0.25, 0.3) is 5.91 Å². The van der Waals surface area contributed by atoms with Crippen molar-refractivity contribution in [2.24, 2.45) is 17.2 Å². The summed E-state index contributed by atoms with van der Waals surface area (Å²) < 4.78 is 24.2. The molecule has 374 valence electrons. The van der Waals surface area contributed by atoms with Crippen LogP contribution in [0.25, 0.3) is 22.5 Å². The highest BCUT2D eigenvalue weighted by molar-refractivity contribution is 6.01. The van der Waals surface area contributed by atoms with Crippen LogP contribution in [-0.4, -0.2) is 123 Å². The Morgan fingerprint density at radius 1 is 0.871 bits per heavy atom. The van der Waals surface area contributed by atoms with Crippen molar-refractivity contribution in [3.63, 3.8) is 0 Å². The number of hydrogen-bond donors (Lipinski definition) is 7. The molecule has 0 spiro atoms. The predicted octanol–water partition coefficient (Wildman–Crippen LogP) is 2.25. The number of rotatable bonds is 17. The first-order valence-electron chi connectivity index (χ1n) is 22.9. The number of benzene rings is 3. The number of carbonyl (C=O) groups excluding carboxylic acids is 5. The van der Waals surface area contributed by atoms with Crippen LogP contribution in [0.3, 0.4) is 0 Å². The lowest BCUT2D eigenvalue weighted by Crippen LogP contribution is -2.56. The first-order chi connectivity index (χ1) is 33.3. The number of aryl methyl sites for hydroxylation is 2. The van der Waals surface area contributed by atoms with Gasteiger partial charge in [-0.2, -0.15) is 5.26 Å². The van der Waals surface area contributed by atoms with E-state index in [4.69, 9.17) is 36.1 Å². The molecule has 1 aliphatic rings. The van der Waals surface area contributed by atoms with E-state index in [9.17, 15) is 29.2 Å². The Bertz CT molecular complexity index is 2590. The molecule has 10 N–H and O–H groups in total. The van der Waals surface area contributed by atoms with Crippen molar-refractivity contribution in [3.05, 3.63) is 82.2 Å². The van der Waals surface area contributed by atoms with Crippen LogP contribution < -0.4 is 57.4 Å². The zero-order chi connectivity index (χ0) is 51.4. The normalized spacial score (nSPS) is 16.3. The molecule has 1 aliphatic heterocycles. The number of fused-ring (bicyclic) bond motifs is 5. The number of ether oxygens (including phenoxy) is 4. The molecule has 20 heteroatoms. The lowest BCUT2D eigenvalue weighted by atomic mass is 9.86. The Morgan fingerprint density at radius 2 is 1.46 bits per heavy atom. The van der Waals surface area contributed by atoms with Gasteiger partial charge in [0.15, 0.2) is 28.8 Å². The number of aromatic nitrogens is 2. The van der Waals surface area contributed by atoms with Crippen LogP contribution in [0.15, 0.2) is 48.5 Å². The second kappa shape index (κ2) is 23.8. The molecule has 1 aromatic heterocycles. The highest BCUT2D eigenvalue weighted by atomic mass is 16.5. The summed E-state index contributed by atoms with van der Waals surface area (Å²) in [4.78, 5) is 82.0. The molecule has 3 aromatic carbocycles. The molecule has 0 radical (unpaired) electrons. The fourth-order valence-corrected chi connectivity index (χ4v) is 8.15. The lowest BCUT2D eigenvalue weighted by Gasteiger charge is -2.33. The molecule has 0 aliphatic carbocycles. The molecule has 0 fully saturated rings. The van der Waals surface area contributed by atoms with Crippen molar-refractivity contribution in [2.45, 2.75) is 84.0 Å². The Labute approximate surface area is 408 Å². The maximum atomic E-state index is 14.9. The molecule has 5 amide bonds. The van der Waals surface area contributed by atoms with Crippen LogP contribution in [0, 0.1) is 25.2 Å². The van der Waals surface area contributed by atoms with Crippen LogP contribution in [0.4, 0.5) is 0 Å². The Morgan fingerprint density at radius 3 is 2.00 bits per heavy atom. The number of nitrogens with one attached hydrogen (secondary N) is 4. The number of amides is 5. The standard InChI is InChI=1S/C50H65N11O9/c1-27-40(28(2)57-44(56-27)31-10-12-33(13-11-31)50(4,5)6)47(64)59-36(14-15-51)49(66)61(7)41-32-25-35(43(68-9)39(26-32)70-21-18-54)34-22-30(24-38(42(34)67-8)69-20-17-53)23-37(46(63)55-19-16-52)60-45(62)29(3)58-48(41)65/h10-13,22,24-26,29,36-37,41H,14-15,17-21,23,51,53-54H2,1-9H3,(H,55,63)(H,58,65)(H,59,64)(H,60,62)/t29-,36-,37-,41-/m0/s1. The van der Waals surface area contributed by atoms with Gasteiger partial charge in [0.1, 0.15) is 43.9 Å².